The quantitative estimate of drug-likeness (QED) is 0.663. The number of hydrogen-bond donors (Lipinski definition) is 0. The van der Waals surface area contributed by atoms with Crippen LogP contribution in [-0.2, 0) is 6.42 Å². The third-order valence-electron chi connectivity index (χ3n) is 2.99. The molecule has 0 saturated carbocycles. The average Bonchev–Trinajstić information content (AvgIpc) is 2.78. The van der Waals surface area contributed by atoms with Crippen molar-refractivity contribution in [3.8, 4) is 5.69 Å². The number of rotatable bonds is 3. The molecule has 0 bridgehead atoms. The minimum Gasteiger partial charge on any atom is -0.293 e. The minimum absolute atomic E-state index is 0.314. The number of halogens is 3. The molecular weight excluding hydrogens is 345 g/mol. The molecule has 0 radical (unpaired) electrons. The van der Waals surface area contributed by atoms with E-state index in [0.29, 0.717) is 22.5 Å². The summed E-state index contributed by atoms with van der Waals surface area (Å²) in [6.07, 6.45) is 3.90. The summed E-state index contributed by atoms with van der Waals surface area (Å²) in [5.74, 6) is 0.838. The monoisotopic (exact) mass is 353 g/mol. The summed E-state index contributed by atoms with van der Waals surface area (Å²) in [6.45, 7) is 0. The molecule has 3 rings (SSSR count). The van der Waals surface area contributed by atoms with E-state index >= 15 is 0 Å². The molecule has 0 aliphatic rings. The lowest BCUT2D eigenvalue weighted by molar-refractivity contribution is 0.616. The second kappa shape index (κ2) is 5.50. The number of pyridine rings is 1. The molecule has 102 valence electrons. The molecule has 0 atom stereocenters. The molecule has 0 unspecified atom stereocenters. The van der Waals surface area contributed by atoms with Crippen LogP contribution in [0.3, 0.4) is 0 Å². The maximum atomic E-state index is 14.2. The van der Waals surface area contributed by atoms with Crippen LogP contribution in [0, 0.1) is 5.82 Å². The number of imidazole rings is 1. The van der Waals surface area contributed by atoms with Crippen LogP contribution in [0.25, 0.3) is 16.7 Å². The van der Waals surface area contributed by atoms with Crippen molar-refractivity contribution in [2.75, 3.05) is 5.88 Å². The summed E-state index contributed by atoms with van der Waals surface area (Å²) in [7, 11) is 0. The van der Waals surface area contributed by atoms with Crippen molar-refractivity contribution in [3.63, 3.8) is 0 Å². The Morgan fingerprint density at radius 3 is 2.90 bits per heavy atom. The van der Waals surface area contributed by atoms with Crippen molar-refractivity contribution < 1.29 is 4.39 Å². The van der Waals surface area contributed by atoms with Crippen LogP contribution >= 0.6 is 27.5 Å². The lowest BCUT2D eigenvalue weighted by Crippen LogP contribution is -2.04. The van der Waals surface area contributed by atoms with E-state index < -0.39 is 0 Å². The molecule has 3 nitrogen and oxygen atoms in total. The molecule has 0 aliphatic carbocycles. The van der Waals surface area contributed by atoms with Gasteiger partial charge in [0.05, 0.1) is 17.4 Å². The summed E-state index contributed by atoms with van der Waals surface area (Å²) < 4.78 is 16.7. The standard InChI is InChI=1S/C14H10BrClFN3/c15-9-1-2-12(10(17)7-9)20-13-4-6-18-8-11(13)19-14(20)3-5-16/h1-2,4,6-8H,3,5H2. The van der Waals surface area contributed by atoms with Gasteiger partial charge in [0.1, 0.15) is 17.2 Å². The molecule has 0 amide bonds. The smallest absolute Gasteiger partial charge is 0.148 e. The van der Waals surface area contributed by atoms with Crippen LogP contribution in [0.2, 0.25) is 0 Å². The van der Waals surface area contributed by atoms with E-state index in [4.69, 9.17) is 11.6 Å². The molecule has 0 saturated heterocycles. The van der Waals surface area contributed by atoms with Gasteiger partial charge in [0.15, 0.2) is 0 Å². The van der Waals surface area contributed by atoms with E-state index in [-0.39, 0.29) is 5.82 Å². The van der Waals surface area contributed by atoms with Gasteiger partial charge in [0.25, 0.3) is 0 Å². The summed E-state index contributed by atoms with van der Waals surface area (Å²) >= 11 is 9.08. The van der Waals surface area contributed by atoms with Crippen molar-refractivity contribution in [1.82, 2.24) is 14.5 Å². The first-order valence-corrected chi connectivity index (χ1v) is 7.36. The largest absolute Gasteiger partial charge is 0.293 e. The first-order valence-electron chi connectivity index (χ1n) is 6.03. The van der Waals surface area contributed by atoms with Crippen LogP contribution in [0.5, 0.6) is 0 Å². The molecule has 2 heterocycles. The van der Waals surface area contributed by atoms with Crippen LogP contribution < -0.4 is 0 Å². The molecule has 0 N–H and O–H groups in total. The first kappa shape index (κ1) is 13.5. The molecule has 2 aromatic heterocycles. The normalized spacial score (nSPS) is 11.2. The highest BCUT2D eigenvalue weighted by atomic mass is 79.9. The van der Waals surface area contributed by atoms with E-state index in [2.05, 4.69) is 25.9 Å². The van der Waals surface area contributed by atoms with Gasteiger partial charge in [-0.05, 0) is 24.3 Å². The Balaban J connectivity index is 2.30. The Hall–Kier alpha value is -1.46. The molecule has 3 aromatic rings. The van der Waals surface area contributed by atoms with Gasteiger partial charge in [0, 0.05) is 23.0 Å². The third-order valence-corrected chi connectivity index (χ3v) is 3.68. The number of benzene rings is 1. The van der Waals surface area contributed by atoms with Crippen LogP contribution in [0.15, 0.2) is 41.1 Å². The fourth-order valence-corrected chi connectivity index (χ4v) is 2.67. The zero-order valence-corrected chi connectivity index (χ0v) is 12.7. The van der Waals surface area contributed by atoms with Gasteiger partial charge >= 0.3 is 0 Å². The summed E-state index contributed by atoms with van der Waals surface area (Å²) in [5.41, 5.74) is 2.01. The predicted octanol–water partition coefficient (Wildman–Crippen LogP) is 4.10. The molecular formula is C14H10BrClFN3. The van der Waals surface area contributed by atoms with Gasteiger partial charge in [-0.15, -0.1) is 11.6 Å². The summed E-state index contributed by atoms with van der Waals surface area (Å²) in [6, 6.07) is 6.78. The lowest BCUT2D eigenvalue weighted by atomic mass is 10.2. The van der Waals surface area contributed by atoms with E-state index in [1.54, 1.807) is 29.1 Å². The van der Waals surface area contributed by atoms with Crippen LogP contribution in [0.4, 0.5) is 4.39 Å². The topological polar surface area (TPSA) is 30.7 Å². The fraction of sp³-hybridized carbons (Fsp3) is 0.143. The molecule has 1 aromatic carbocycles. The van der Waals surface area contributed by atoms with Gasteiger partial charge in [-0.2, -0.15) is 0 Å². The Morgan fingerprint density at radius 2 is 2.15 bits per heavy atom. The van der Waals surface area contributed by atoms with Gasteiger partial charge in [-0.3, -0.25) is 9.55 Å². The summed E-state index contributed by atoms with van der Waals surface area (Å²) in [5, 5.41) is 0. The number of aromatic nitrogens is 3. The molecule has 0 spiro atoms. The SMILES string of the molecule is Fc1cc(Br)ccc1-n1c(CCCl)nc2cnccc21. The Labute approximate surface area is 128 Å². The Morgan fingerprint density at radius 1 is 1.30 bits per heavy atom. The number of nitrogens with zero attached hydrogens (tertiary/aromatic N) is 3. The highest BCUT2D eigenvalue weighted by Gasteiger charge is 2.15. The van der Waals surface area contributed by atoms with E-state index in [1.807, 2.05) is 6.07 Å². The van der Waals surface area contributed by atoms with Crippen LogP contribution in [0.1, 0.15) is 5.82 Å². The molecule has 20 heavy (non-hydrogen) atoms. The highest BCUT2D eigenvalue weighted by molar-refractivity contribution is 9.10. The molecule has 0 fully saturated rings. The van der Waals surface area contributed by atoms with Crippen LogP contribution in [-0.4, -0.2) is 20.4 Å². The maximum Gasteiger partial charge on any atom is 0.148 e. The van der Waals surface area contributed by atoms with Crippen molar-refractivity contribution in [2.24, 2.45) is 0 Å². The van der Waals surface area contributed by atoms with Gasteiger partial charge in [0.2, 0.25) is 0 Å². The summed E-state index contributed by atoms with van der Waals surface area (Å²) in [4.78, 5) is 8.53. The molecule has 6 heteroatoms. The van der Waals surface area contributed by atoms with E-state index in [9.17, 15) is 4.39 Å². The highest BCUT2D eigenvalue weighted by Crippen LogP contribution is 2.25. The van der Waals surface area contributed by atoms with Gasteiger partial charge in [-0.1, -0.05) is 15.9 Å². The second-order valence-corrected chi connectivity index (χ2v) is 5.56. The number of alkyl halides is 1. The van der Waals surface area contributed by atoms with Crippen molar-refractivity contribution in [2.45, 2.75) is 6.42 Å². The Bertz CT molecular complexity index is 772. The number of fused-ring (bicyclic) bond motifs is 1. The Kier molecular flexibility index (Phi) is 3.72. The lowest BCUT2D eigenvalue weighted by Gasteiger charge is -2.10. The third kappa shape index (κ3) is 2.31. The van der Waals surface area contributed by atoms with Crippen molar-refractivity contribution in [1.29, 1.82) is 0 Å². The van der Waals surface area contributed by atoms with Gasteiger partial charge in [-0.25, -0.2) is 9.37 Å². The first-order chi connectivity index (χ1) is 9.70. The number of hydrogen-bond acceptors (Lipinski definition) is 2. The van der Waals surface area contributed by atoms with E-state index in [0.717, 1.165) is 16.9 Å². The number of aryl methyl sites for hydroxylation is 1. The van der Waals surface area contributed by atoms with Gasteiger partial charge < -0.3 is 0 Å². The second-order valence-electron chi connectivity index (χ2n) is 4.26. The molecule has 0 aliphatic heterocycles. The average molecular weight is 355 g/mol. The van der Waals surface area contributed by atoms with Crippen molar-refractivity contribution >= 4 is 38.6 Å². The minimum atomic E-state index is -0.314. The predicted molar refractivity (Wildman–Crippen MR) is 80.9 cm³/mol. The zero-order chi connectivity index (χ0) is 14.1. The van der Waals surface area contributed by atoms with Crippen molar-refractivity contribution in [3.05, 3.63) is 52.8 Å². The van der Waals surface area contributed by atoms with E-state index in [1.165, 1.54) is 6.07 Å². The maximum absolute atomic E-state index is 14.2. The fourth-order valence-electron chi connectivity index (χ4n) is 2.17. The zero-order valence-electron chi connectivity index (χ0n) is 10.4.